The van der Waals surface area contributed by atoms with Crippen LogP contribution in [0.4, 0.5) is 0 Å². The average Bonchev–Trinajstić information content (AvgIpc) is 2.01. The SMILES string of the molecule is OCCCc1cccc(S)c1. The van der Waals surface area contributed by atoms with Crippen molar-refractivity contribution in [3.63, 3.8) is 0 Å². The maximum atomic E-state index is 8.58. The first-order valence-electron chi connectivity index (χ1n) is 3.71. The van der Waals surface area contributed by atoms with Crippen LogP contribution >= 0.6 is 12.6 Å². The molecule has 0 radical (unpaired) electrons. The molecule has 0 aliphatic carbocycles. The van der Waals surface area contributed by atoms with E-state index in [9.17, 15) is 0 Å². The highest BCUT2D eigenvalue weighted by atomic mass is 32.1. The van der Waals surface area contributed by atoms with Gasteiger partial charge in [0.2, 0.25) is 0 Å². The van der Waals surface area contributed by atoms with E-state index in [1.165, 1.54) is 5.56 Å². The van der Waals surface area contributed by atoms with Gasteiger partial charge in [0, 0.05) is 11.5 Å². The van der Waals surface area contributed by atoms with Gasteiger partial charge in [-0.1, -0.05) is 12.1 Å². The Morgan fingerprint density at radius 2 is 2.18 bits per heavy atom. The third kappa shape index (κ3) is 2.95. The zero-order chi connectivity index (χ0) is 8.10. The van der Waals surface area contributed by atoms with Gasteiger partial charge in [0.05, 0.1) is 0 Å². The number of aliphatic hydroxyl groups excluding tert-OH is 1. The van der Waals surface area contributed by atoms with Crippen LogP contribution in [0.25, 0.3) is 0 Å². The number of hydrogen-bond donors (Lipinski definition) is 2. The van der Waals surface area contributed by atoms with E-state index in [0.29, 0.717) is 0 Å². The predicted octanol–water partition coefficient (Wildman–Crippen LogP) is 1.90. The Morgan fingerprint density at radius 1 is 1.36 bits per heavy atom. The van der Waals surface area contributed by atoms with E-state index in [2.05, 4.69) is 18.7 Å². The van der Waals surface area contributed by atoms with Gasteiger partial charge in [0.1, 0.15) is 0 Å². The Morgan fingerprint density at radius 3 is 2.82 bits per heavy atom. The molecule has 0 unspecified atom stereocenters. The molecule has 60 valence electrons. The number of rotatable bonds is 3. The Hall–Kier alpha value is -0.470. The van der Waals surface area contributed by atoms with E-state index >= 15 is 0 Å². The predicted molar refractivity (Wildman–Crippen MR) is 49.1 cm³/mol. The highest BCUT2D eigenvalue weighted by Gasteiger charge is 1.91. The summed E-state index contributed by atoms with van der Waals surface area (Å²) in [7, 11) is 0. The van der Waals surface area contributed by atoms with Gasteiger partial charge < -0.3 is 5.11 Å². The molecule has 0 aromatic heterocycles. The molecule has 0 aliphatic heterocycles. The quantitative estimate of drug-likeness (QED) is 0.660. The Balaban J connectivity index is 2.56. The lowest BCUT2D eigenvalue weighted by Crippen LogP contribution is -1.88. The topological polar surface area (TPSA) is 20.2 Å². The first-order valence-corrected chi connectivity index (χ1v) is 4.16. The number of hydrogen-bond acceptors (Lipinski definition) is 2. The lowest BCUT2D eigenvalue weighted by Gasteiger charge is -1.99. The maximum absolute atomic E-state index is 8.58. The monoisotopic (exact) mass is 168 g/mol. The van der Waals surface area contributed by atoms with Crippen molar-refractivity contribution >= 4 is 12.6 Å². The van der Waals surface area contributed by atoms with Crippen LogP contribution in [-0.4, -0.2) is 11.7 Å². The largest absolute Gasteiger partial charge is 0.396 e. The summed E-state index contributed by atoms with van der Waals surface area (Å²) < 4.78 is 0. The molecule has 1 N–H and O–H groups in total. The first-order chi connectivity index (χ1) is 5.33. The standard InChI is InChI=1S/C9H12OS/c10-6-2-4-8-3-1-5-9(11)7-8/h1,3,5,7,10-11H,2,4,6H2. The van der Waals surface area contributed by atoms with Crippen LogP contribution in [0.5, 0.6) is 0 Å². The molecule has 0 atom stereocenters. The van der Waals surface area contributed by atoms with Crippen molar-refractivity contribution in [3.05, 3.63) is 29.8 Å². The molecule has 1 nitrogen and oxygen atoms in total. The van der Waals surface area contributed by atoms with Crippen LogP contribution in [0.1, 0.15) is 12.0 Å². The molecular formula is C9H12OS. The van der Waals surface area contributed by atoms with E-state index in [-0.39, 0.29) is 6.61 Å². The van der Waals surface area contributed by atoms with E-state index in [1.807, 2.05) is 18.2 Å². The summed E-state index contributed by atoms with van der Waals surface area (Å²) in [4.78, 5) is 0.987. The second kappa shape index (κ2) is 4.42. The molecule has 2 heteroatoms. The summed E-state index contributed by atoms with van der Waals surface area (Å²) in [6, 6.07) is 8.01. The van der Waals surface area contributed by atoms with E-state index in [1.54, 1.807) is 0 Å². The second-order valence-electron chi connectivity index (χ2n) is 2.50. The summed E-state index contributed by atoms with van der Waals surface area (Å²) in [6.07, 6.45) is 1.77. The Labute approximate surface area is 72.5 Å². The highest BCUT2D eigenvalue weighted by Crippen LogP contribution is 2.09. The number of aliphatic hydroxyl groups is 1. The van der Waals surface area contributed by atoms with Crippen LogP contribution in [-0.2, 0) is 6.42 Å². The fourth-order valence-corrected chi connectivity index (χ4v) is 1.25. The van der Waals surface area contributed by atoms with Gasteiger partial charge in [0.15, 0.2) is 0 Å². The summed E-state index contributed by atoms with van der Waals surface area (Å²) in [5, 5.41) is 8.58. The number of aryl methyl sites for hydroxylation is 1. The van der Waals surface area contributed by atoms with Crippen molar-refractivity contribution < 1.29 is 5.11 Å². The van der Waals surface area contributed by atoms with Crippen molar-refractivity contribution in [1.29, 1.82) is 0 Å². The molecule has 0 aliphatic rings. The van der Waals surface area contributed by atoms with Crippen LogP contribution < -0.4 is 0 Å². The van der Waals surface area contributed by atoms with Crippen molar-refractivity contribution in [1.82, 2.24) is 0 Å². The third-order valence-electron chi connectivity index (χ3n) is 1.53. The first kappa shape index (κ1) is 8.62. The van der Waals surface area contributed by atoms with Crippen molar-refractivity contribution in [2.24, 2.45) is 0 Å². The minimum Gasteiger partial charge on any atom is -0.396 e. The van der Waals surface area contributed by atoms with Gasteiger partial charge in [-0.05, 0) is 30.5 Å². The molecule has 1 rings (SSSR count). The van der Waals surface area contributed by atoms with Crippen LogP contribution in [0, 0.1) is 0 Å². The fraction of sp³-hybridized carbons (Fsp3) is 0.333. The molecule has 0 heterocycles. The lowest BCUT2D eigenvalue weighted by molar-refractivity contribution is 0.288. The van der Waals surface area contributed by atoms with E-state index < -0.39 is 0 Å². The minimum atomic E-state index is 0.261. The van der Waals surface area contributed by atoms with Gasteiger partial charge in [-0.2, -0.15) is 0 Å². The second-order valence-corrected chi connectivity index (χ2v) is 3.01. The molecule has 0 spiro atoms. The molecule has 1 aromatic carbocycles. The minimum absolute atomic E-state index is 0.261. The Kier molecular flexibility index (Phi) is 3.46. The number of thiol groups is 1. The highest BCUT2D eigenvalue weighted by molar-refractivity contribution is 7.80. The zero-order valence-corrected chi connectivity index (χ0v) is 7.22. The van der Waals surface area contributed by atoms with Gasteiger partial charge in [-0.3, -0.25) is 0 Å². The third-order valence-corrected chi connectivity index (χ3v) is 1.81. The van der Waals surface area contributed by atoms with Crippen molar-refractivity contribution in [3.8, 4) is 0 Å². The molecule has 0 saturated carbocycles. The molecule has 11 heavy (non-hydrogen) atoms. The molecular weight excluding hydrogens is 156 g/mol. The zero-order valence-electron chi connectivity index (χ0n) is 6.33. The van der Waals surface area contributed by atoms with Crippen LogP contribution in [0.2, 0.25) is 0 Å². The molecule has 0 fully saturated rings. The normalized spacial score (nSPS) is 10.0. The van der Waals surface area contributed by atoms with Gasteiger partial charge >= 0.3 is 0 Å². The fourth-order valence-electron chi connectivity index (χ4n) is 0.995. The Bertz CT molecular complexity index is 223. The van der Waals surface area contributed by atoms with Crippen LogP contribution in [0.3, 0.4) is 0 Å². The smallest absolute Gasteiger partial charge is 0.0434 e. The van der Waals surface area contributed by atoms with E-state index in [4.69, 9.17) is 5.11 Å². The van der Waals surface area contributed by atoms with Crippen molar-refractivity contribution in [2.45, 2.75) is 17.7 Å². The van der Waals surface area contributed by atoms with Gasteiger partial charge in [-0.25, -0.2) is 0 Å². The average molecular weight is 168 g/mol. The van der Waals surface area contributed by atoms with E-state index in [0.717, 1.165) is 17.7 Å². The maximum Gasteiger partial charge on any atom is 0.0434 e. The summed E-state index contributed by atoms with van der Waals surface area (Å²) in [5.41, 5.74) is 1.24. The molecule has 0 amide bonds. The summed E-state index contributed by atoms with van der Waals surface area (Å²) in [5.74, 6) is 0. The summed E-state index contributed by atoms with van der Waals surface area (Å²) in [6.45, 7) is 0.261. The molecule has 1 aromatic rings. The van der Waals surface area contributed by atoms with Crippen LogP contribution in [0.15, 0.2) is 29.2 Å². The number of benzene rings is 1. The molecule has 0 saturated heterocycles. The van der Waals surface area contributed by atoms with Crippen molar-refractivity contribution in [2.75, 3.05) is 6.61 Å². The van der Waals surface area contributed by atoms with Gasteiger partial charge in [-0.15, -0.1) is 12.6 Å². The summed E-state index contributed by atoms with van der Waals surface area (Å²) >= 11 is 4.21. The van der Waals surface area contributed by atoms with Gasteiger partial charge in [0.25, 0.3) is 0 Å². The lowest BCUT2D eigenvalue weighted by atomic mass is 10.1. The molecule has 0 bridgehead atoms.